The SMILES string of the molecule is Cc1c(Br)sc2[nH]c(=O)n(C(C)(C)C(=O)OCc3ccccc3)c(=O)c12. The van der Waals surface area contributed by atoms with E-state index in [1.807, 2.05) is 30.3 Å². The molecule has 1 N–H and O–H groups in total. The van der Waals surface area contributed by atoms with E-state index in [4.69, 9.17) is 4.74 Å². The second kappa shape index (κ2) is 6.85. The molecule has 3 aromatic rings. The lowest BCUT2D eigenvalue weighted by Crippen LogP contribution is -2.51. The molecule has 3 rings (SSSR count). The second-order valence-electron chi connectivity index (χ2n) is 6.40. The number of nitrogens with one attached hydrogen (secondary N) is 1. The van der Waals surface area contributed by atoms with E-state index in [0.717, 1.165) is 19.5 Å². The number of carbonyl (C=O) groups is 1. The third-order valence-corrected chi connectivity index (χ3v) is 6.28. The van der Waals surface area contributed by atoms with Gasteiger partial charge < -0.3 is 4.74 Å². The Morgan fingerprint density at radius 2 is 1.92 bits per heavy atom. The Balaban J connectivity index is 2.01. The highest BCUT2D eigenvalue weighted by molar-refractivity contribution is 9.11. The Hall–Kier alpha value is -2.19. The van der Waals surface area contributed by atoms with Crippen molar-refractivity contribution < 1.29 is 9.53 Å². The maximum atomic E-state index is 12.9. The average molecular weight is 437 g/mol. The quantitative estimate of drug-likeness (QED) is 0.636. The number of aromatic amines is 1. The molecule has 6 nitrogen and oxygen atoms in total. The molecule has 0 saturated carbocycles. The van der Waals surface area contributed by atoms with Gasteiger partial charge in [-0.2, -0.15) is 0 Å². The van der Waals surface area contributed by atoms with Gasteiger partial charge >= 0.3 is 11.7 Å². The molecule has 0 aliphatic rings. The van der Waals surface area contributed by atoms with Gasteiger partial charge in [0.05, 0.1) is 9.17 Å². The maximum absolute atomic E-state index is 12.9. The van der Waals surface area contributed by atoms with E-state index in [1.165, 1.54) is 25.2 Å². The predicted molar refractivity (Wildman–Crippen MR) is 105 cm³/mol. The zero-order valence-electron chi connectivity index (χ0n) is 14.5. The number of aromatic nitrogens is 2. The van der Waals surface area contributed by atoms with Gasteiger partial charge in [0.15, 0.2) is 0 Å². The number of benzene rings is 1. The van der Waals surface area contributed by atoms with E-state index in [0.29, 0.717) is 10.2 Å². The number of esters is 1. The summed E-state index contributed by atoms with van der Waals surface area (Å²) in [6.07, 6.45) is 0. The topological polar surface area (TPSA) is 81.2 Å². The second-order valence-corrected chi connectivity index (χ2v) is 8.73. The van der Waals surface area contributed by atoms with Crippen LogP contribution in [0.1, 0.15) is 25.0 Å². The van der Waals surface area contributed by atoms with E-state index in [9.17, 15) is 14.4 Å². The normalized spacial score (nSPS) is 11.7. The van der Waals surface area contributed by atoms with Crippen LogP contribution in [0.5, 0.6) is 0 Å². The summed E-state index contributed by atoms with van der Waals surface area (Å²) in [6.45, 7) is 4.85. The van der Waals surface area contributed by atoms with Crippen molar-refractivity contribution in [2.24, 2.45) is 0 Å². The molecule has 2 heterocycles. The lowest BCUT2D eigenvalue weighted by atomic mass is 10.1. The van der Waals surface area contributed by atoms with Gasteiger partial charge in [-0.3, -0.25) is 9.78 Å². The standard InChI is InChI=1S/C18H17BrN2O4S/c1-10-12-14(26-13(10)19)20-17(24)21(15(12)22)18(2,3)16(23)25-9-11-7-5-4-6-8-11/h4-8H,9H2,1-3H3,(H,20,24). The fraction of sp³-hybridized carbons (Fsp3) is 0.278. The highest BCUT2D eigenvalue weighted by atomic mass is 79.9. The Kier molecular flexibility index (Phi) is 4.90. The summed E-state index contributed by atoms with van der Waals surface area (Å²) in [5, 5.41) is 0.394. The number of carbonyl (C=O) groups excluding carboxylic acids is 1. The molecular weight excluding hydrogens is 420 g/mol. The van der Waals surface area contributed by atoms with Crippen molar-refractivity contribution in [3.8, 4) is 0 Å². The monoisotopic (exact) mass is 436 g/mol. The van der Waals surface area contributed by atoms with Crippen LogP contribution in [-0.2, 0) is 21.7 Å². The average Bonchev–Trinajstić information content (AvgIpc) is 2.87. The molecule has 0 unspecified atom stereocenters. The molecule has 2 aromatic heterocycles. The summed E-state index contributed by atoms with van der Waals surface area (Å²) in [5.41, 5.74) is -1.05. The molecule has 0 fully saturated rings. The van der Waals surface area contributed by atoms with Crippen LogP contribution >= 0.6 is 27.3 Å². The maximum Gasteiger partial charge on any atom is 0.332 e. The molecule has 0 aliphatic heterocycles. The Morgan fingerprint density at radius 3 is 2.58 bits per heavy atom. The van der Waals surface area contributed by atoms with Crippen LogP contribution in [0, 0.1) is 6.92 Å². The Morgan fingerprint density at radius 1 is 1.27 bits per heavy atom. The van der Waals surface area contributed by atoms with Crippen molar-refractivity contribution in [1.29, 1.82) is 0 Å². The number of hydrogen-bond acceptors (Lipinski definition) is 5. The number of nitrogens with zero attached hydrogens (tertiary/aromatic N) is 1. The first kappa shape index (κ1) is 18.6. The third kappa shape index (κ3) is 3.14. The number of H-pyrrole nitrogens is 1. The summed E-state index contributed by atoms with van der Waals surface area (Å²) in [6, 6.07) is 9.21. The highest BCUT2D eigenvalue weighted by Gasteiger charge is 2.35. The van der Waals surface area contributed by atoms with Crippen LogP contribution in [0.25, 0.3) is 10.2 Å². The molecule has 8 heteroatoms. The van der Waals surface area contributed by atoms with Crippen LogP contribution in [0.4, 0.5) is 0 Å². The van der Waals surface area contributed by atoms with Crippen LogP contribution in [0.3, 0.4) is 0 Å². The number of thiophene rings is 1. The molecule has 0 amide bonds. The highest BCUT2D eigenvalue weighted by Crippen LogP contribution is 2.31. The lowest BCUT2D eigenvalue weighted by Gasteiger charge is -2.24. The van der Waals surface area contributed by atoms with E-state index in [-0.39, 0.29) is 6.61 Å². The molecule has 0 spiro atoms. The number of halogens is 1. The Labute approximate surface area is 161 Å². The smallest absolute Gasteiger partial charge is 0.332 e. The van der Waals surface area contributed by atoms with E-state index in [2.05, 4.69) is 20.9 Å². The molecule has 136 valence electrons. The van der Waals surface area contributed by atoms with Gasteiger partial charge in [-0.25, -0.2) is 14.2 Å². The van der Waals surface area contributed by atoms with Crippen molar-refractivity contribution >= 4 is 43.5 Å². The summed E-state index contributed by atoms with van der Waals surface area (Å²) in [7, 11) is 0. The number of fused-ring (bicyclic) bond motifs is 1. The molecule has 0 atom stereocenters. The fourth-order valence-corrected chi connectivity index (χ4v) is 4.29. The van der Waals surface area contributed by atoms with E-state index < -0.39 is 22.8 Å². The summed E-state index contributed by atoms with van der Waals surface area (Å²) in [5.74, 6) is -0.653. The largest absolute Gasteiger partial charge is 0.459 e. The van der Waals surface area contributed by atoms with Gasteiger partial charge in [0, 0.05) is 0 Å². The Bertz CT molecular complexity index is 1100. The minimum atomic E-state index is -1.45. The van der Waals surface area contributed by atoms with Gasteiger partial charge in [-0.15, -0.1) is 11.3 Å². The van der Waals surface area contributed by atoms with Crippen molar-refractivity contribution in [3.05, 3.63) is 66.1 Å². The summed E-state index contributed by atoms with van der Waals surface area (Å²) >= 11 is 4.65. The summed E-state index contributed by atoms with van der Waals surface area (Å²) < 4.78 is 7.04. The van der Waals surface area contributed by atoms with Gasteiger partial charge in [-0.05, 0) is 47.8 Å². The van der Waals surface area contributed by atoms with Crippen molar-refractivity contribution in [2.45, 2.75) is 32.9 Å². The number of aryl methyl sites for hydroxylation is 1. The molecular formula is C18H17BrN2O4S. The first-order valence-corrected chi connectivity index (χ1v) is 9.50. The molecule has 0 saturated heterocycles. The lowest BCUT2D eigenvalue weighted by molar-refractivity contribution is -0.154. The molecule has 0 aliphatic carbocycles. The van der Waals surface area contributed by atoms with Crippen molar-refractivity contribution in [3.63, 3.8) is 0 Å². The van der Waals surface area contributed by atoms with Crippen LogP contribution < -0.4 is 11.2 Å². The zero-order valence-corrected chi connectivity index (χ0v) is 16.9. The van der Waals surface area contributed by atoms with Crippen molar-refractivity contribution in [2.75, 3.05) is 0 Å². The van der Waals surface area contributed by atoms with Gasteiger partial charge in [0.1, 0.15) is 17.0 Å². The number of rotatable bonds is 4. The van der Waals surface area contributed by atoms with Crippen LogP contribution in [-0.4, -0.2) is 15.5 Å². The fourth-order valence-electron chi connectivity index (χ4n) is 2.69. The van der Waals surface area contributed by atoms with Crippen molar-refractivity contribution in [1.82, 2.24) is 9.55 Å². The minimum absolute atomic E-state index is 0.0705. The minimum Gasteiger partial charge on any atom is -0.459 e. The van der Waals surface area contributed by atoms with Gasteiger partial charge in [0.2, 0.25) is 0 Å². The molecule has 1 aromatic carbocycles. The predicted octanol–water partition coefficient (Wildman–Crippen LogP) is 3.30. The van der Waals surface area contributed by atoms with Crippen LogP contribution in [0.2, 0.25) is 0 Å². The molecule has 0 bridgehead atoms. The zero-order chi connectivity index (χ0) is 19.1. The number of hydrogen-bond donors (Lipinski definition) is 1. The third-order valence-electron chi connectivity index (χ3n) is 4.20. The first-order chi connectivity index (χ1) is 12.2. The number of ether oxygens (including phenoxy) is 1. The van der Waals surface area contributed by atoms with E-state index in [1.54, 1.807) is 6.92 Å². The van der Waals surface area contributed by atoms with Gasteiger partial charge in [0.25, 0.3) is 5.56 Å². The molecule has 26 heavy (non-hydrogen) atoms. The summed E-state index contributed by atoms with van der Waals surface area (Å²) in [4.78, 5) is 41.2. The van der Waals surface area contributed by atoms with E-state index >= 15 is 0 Å². The van der Waals surface area contributed by atoms with Gasteiger partial charge in [-0.1, -0.05) is 30.3 Å². The molecule has 0 radical (unpaired) electrons. The first-order valence-electron chi connectivity index (χ1n) is 7.89. The van der Waals surface area contributed by atoms with Crippen LogP contribution in [0.15, 0.2) is 43.7 Å².